The number of allylic oxidation sites excluding steroid dienone is 1. The second-order valence-corrected chi connectivity index (χ2v) is 3.41. The van der Waals surface area contributed by atoms with E-state index in [0.29, 0.717) is 0 Å². The Morgan fingerprint density at radius 2 is 2.07 bits per heavy atom. The van der Waals surface area contributed by atoms with Crippen LogP contribution in [0.4, 0.5) is 4.79 Å². The number of aliphatic imine (C=N–C) groups is 1. The molecule has 2 aliphatic rings. The van der Waals surface area contributed by atoms with Gasteiger partial charge in [-0.25, -0.2) is 4.79 Å². The van der Waals surface area contributed by atoms with Crippen molar-refractivity contribution in [2.24, 2.45) is 10.9 Å². The first-order chi connectivity index (χ1) is 6.63. The Kier molecular flexibility index (Phi) is 1.87. The minimum atomic E-state index is -0.365. The van der Waals surface area contributed by atoms with Crippen molar-refractivity contribution in [1.29, 1.82) is 0 Å². The Morgan fingerprint density at radius 3 is 2.79 bits per heavy atom. The SMILES string of the molecule is CN1C(=O)C2C=CC=NC2N(C)C1=O. The van der Waals surface area contributed by atoms with E-state index in [1.165, 1.54) is 11.9 Å². The van der Waals surface area contributed by atoms with Crippen molar-refractivity contribution < 1.29 is 9.59 Å². The first kappa shape index (κ1) is 8.93. The van der Waals surface area contributed by atoms with Gasteiger partial charge in [0.05, 0.1) is 5.92 Å². The second-order valence-electron chi connectivity index (χ2n) is 3.41. The molecule has 5 heteroatoms. The number of urea groups is 1. The number of imide groups is 1. The van der Waals surface area contributed by atoms with Crippen molar-refractivity contribution >= 4 is 18.2 Å². The lowest BCUT2D eigenvalue weighted by molar-refractivity contribution is -0.134. The monoisotopic (exact) mass is 193 g/mol. The van der Waals surface area contributed by atoms with Crippen LogP contribution in [0.2, 0.25) is 0 Å². The molecular formula is C9H11N3O2. The smallest absolute Gasteiger partial charge is 0.304 e. The highest BCUT2D eigenvalue weighted by molar-refractivity contribution is 6.00. The molecule has 2 heterocycles. The fourth-order valence-corrected chi connectivity index (χ4v) is 1.72. The van der Waals surface area contributed by atoms with E-state index in [0.717, 1.165) is 4.90 Å². The van der Waals surface area contributed by atoms with Gasteiger partial charge in [-0.3, -0.25) is 14.7 Å². The van der Waals surface area contributed by atoms with Gasteiger partial charge in [0.2, 0.25) is 5.91 Å². The summed E-state index contributed by atoms with van der Waals surface area (Å²) in [6.07, 6.45) is 4.76. The lowest BCUT2D eigenvalue weighted by atomic mass is 9.99. The maximum absolute atomic E-state index is 11.7. The van der Waals surface area contributed by atoms with E-state index in [9.17, 15) is 9.59 Å². The standard InChI is InChI=1S/C9H11N3O2/c1-11-7-6(4-3-5-10-7)8(13)12(2)9(11)14/h3-7H,1-2H3. The third kappa shape index (κ3) is 1.05. The number of carbonyl (C=O) groups excluding carboxylic acids is 2. The maximum atomic E-state index is 11.7. The van der Waals surface area contributed by atoms with Gasteiger partial charge in [-0.05, 0) is 6.08 Å². The van der Waals surface area contributed by atoms with Crippen LogP contribution in [-0.2, 0) is 4.79 Å². The highest BCUT2D eigenvalue weighted by atomic mass is 16.2. The molecule has 0 N–H and O–H groups in total. The number of fused-ring (bicyclic) bond motifs is 1. The quantitative estimate of drug-likeness (QED) is 0.547. The molecule has 0 spiro atoms. The van der Waals surface area contributed by atoms with Crippen LogP contribution in [0.3, 0.4) is 0 Å². The lowest BCUT2D eigenvalue weighted by Crippen LogP contribution is -2.58. The van der Waals surface area contributed by atoms with Crippen molar-refractivity contribution in [3.8, 4) is 0 Å². The number of dihydropyridines is 1. The van der Waals surface area contributed by atoms with Gasteiger partial charge in [-0.2, -0.15) is 0 Å². The van der Waals surface area contributed by atoms with Crippen molar-refractivity contribution in [3.05, 3.63) is 12.2 Å². The number of nitrogens with zero attached hydrogens (tertiary/aromatic N) is 3. The van der Waals surface area contributed by atoms with E-state index < -0.39 is 0 Å². The molecule has 3 amide bonds. The fraction of sp³-hybridized carbons (Fsp3) is 0.444. The van der Waals surface area contributed by atoms with Gasteiger partial charge in [0.15, 0.2) is 0 Å². The van der Waals surface area contributed by atoms with Gasteiger partial charge in [0, 0.05) is 20.3 Å². The molecule has 2 rings (SSSR count). The highest BCUT2D eigenvalue weighted by Gasteiger charge is 2.42. The van der Waals surface area contributed by atoms with E-state index >= 15 is 0 Å². The largest absolute Gasteiger partial charge is 0.327 e. The molecule has 0 bridgehead atoms. The lowest BCUT2D eigenvalue weighted by Gasteiger charge is -2.39. The van der Waals surface area contributed by atoms with Crippen LogP contribution in [0.1, 0.15) is 0 Å². The summed E-state index contributed by atoms with van der Waals surface area (Å²) in [5, 5.41) is 0. The number of hydrogen-bond donors (Lipinski definition) is 0. The number of carbonyl (C=O) groups is 2. The van der Waals surface area contributed by atoms with Crippen LogP contribution in [-0.4, -0.2) is 48.2 Å². The molecule has 1 saturated heterocycles. The van der Waals surface area contributed by atoms with Crippen molar-refractivity contribution in [2.75, 3.05) is 14.1 Å². The van der Waals surface area contributed by atoms with Crippen LogP contribution in [0, 0.1) is 5.92 Å². The van der Waals surface area contributed by atoms with Gasteiger partial charge in [-0.1, -0.05) is 6.08 Å². The molecule has 5 nitrogen and oxygen atoms in total. The Morgan fingerprint density at radius 1 is 1.36 bits per heavy atom. The third-order valence-corrected chi connectivity index (χ3v) is 2.57. The summed E-state index contributed by atoms with van der Waals surface area (Å²) >= 11 is 0. The van der Waals surface area contributed by atoms with Crippen LogP contribution in [0.25, 0.3) is 0 Å². The minimum Gasteiger partial charge on any atom is -0.304 e. The van der Waals surface area contributed by atoms with Gasteiger partial charge in [0.25, 0.3) is 0 Å². The van der Waals surface area contributed by atoms with Gasteiger partial charge < -0.3 is 4.90 Å². The topological polar surface area (TPSA) is 53.0 Å². The van der Waals surface area contributed by atoms with Gasteiger partial charge in [-0.15, -0.1) is 0 Å². The zero-order valence-corrected chi connectivity index (χ0v) is 8.04. The highest BCUT2D eigenvalue weighted by Crippen LogP contribution is 2.24. The van der Waals surface area contributed by atoms with E-state index in [4.69, 9.17) is 0 Å². The second kappa shape index (κ2) is 2.94. The Balaban J connectivity index is 2.36. The zero-order chi connectivity index (χ0) is 10.3. The van der Waals surface area contributed by atoms with Crippen LogP contribution < -0.4 is 0 Å². The summed E-state index contributed by atoms with van der Waals surface area (Å²) in [5.74, 6) is -0.515. The molecule has 2 atom stereocenters. The molecule has 0 radical (unpaired) electrons. The van der Waals surface area contributed by atoms with Crippen molar-refractivity contribution in [1.82, 2.24) is 9.80 Å². The molecule has 74 valence electrons. The average molecular weight is 193 g/mol. The molecule has 0 saturated carbocycles. The molecule has 0 aliphatic carbocycles. The van der Waals surface area contributed by atoms with E-state index in [2.05, 4.69) is 4.99 Å². The number of hydrogen-bond acceptors (Lipinski definition) is 3. The molecule has 1 fully saturated rings. The Hall–Kier alpha value is -1.65. The maximum Gasteiger partial charge on any atom is 0.327 e. The van der Waals surface area contributed by atoms with E-state index in [-0.39, 0.29) is 24.0 Å². The molecular weight excluding hydrogens is 182 g/mol. The summed E-state index contributed by atoms with van der Waals surface area (Å²) in [5.41, 5.74) is 0. The van der Waals surface area contributed by atoms with Crippen LogP contribution in [0.15, 0.2) is 17.1 Å². The first-order valence-corrected chi connectivity index (χ1v) is 4.37. The predicted molar refractivity (Wildman–Crippen MR) is 50.8 cm³/mol. The molecule has 0 aromatic rings. The summed E-state index contributed by atoms with van der Waals surface area (Å²) in [7, 11) is 3.14. The van der Waals surface area contributed by atoms with E-state index in [1.54, 1.807) is 25.4 Å². The normalized spacial score (nSPS) is 31.0. The predicted octanol–water partition coefficient (Wildman–Crippen LogP) is 0.0931. The van der Waals surface area contributed by atoms with Gasteiger partial charge >= 0.3 is 6.03 Å². The zero-order valence-electron chi connectivity index (χ0n) is 8.04. The molecule has 0 aromatic carbocycles. The Labute approximate surface area is 81.7 Å². The summed E-state index contributed by atoms with van der Waals surface area (Å²) in [6.45, 7) is 0. The summed E-state index contributed by atoms with van der Waals surface area (Å²) in [6, 6.07) is -0.302. The van der Waals surface area contributed by atoms with E-state index in [1.807, 2.05) is 0 Å². The Bertz CT molecular complexity index is 348. The molecule has 14 heavy (non-hydrogen) atoms. The number of rotatable bonds is 0. The molecule has 2 unspecified atom stereocenters. The van der Waals surface area contributed by atoms with Crippen LogP contribution >= 0.6 is 0 Å². The molecule has 2 aliphatic heterocycles. The van der Waals surface area contributed by atoms with Crippen LogP contribution in [0.5, 0.6) is 0 Å². The van der Waals surface area contributed by atoms with Gasteiger partial charge in [0.1, 0.15) is 6.17 Å². The fourth-order valence-electron chi connectivity index (χ4n) is 1.72. The first-order valence-electron chi connectivity index (χ1n) is 4.37. The average Bonchev–Trinajstić information content (AvgIpc) is 2.23. The van der Waals surface area contributed by atoms with Crippen molar-refractivity contribution in [2.45, 2.75) is 6.17 Å². The summed E-state index contributed by atoms with van der Waals surface area (Å²) < 4.78 is 0. The number of amides is 3. The molecule has 0 aromatic heterocycles. The minimum absolute atomic E-state index is 0.189. The van der Waals surface area contributed by atoms with Crippen molar-refractivity contribution in [3.63, 3.8) is 0 Å². The third-order valence-electron chi connectivity index (χ3n) is 2.57. The summed E-state index contributed by atoms with van der Waals surface area (Å²) in [4.78, 5) is 29.9.